The van der Waals surface area contributed by atoms with Gasteiger partial charge in [0.15, 0.2) is 0 Å². The lowest BCUT2D eigenvalue weighted by atomic mass is 10.3. The van der Waals surface area contributed by atoms with E-state index in [9.17, 15) is 18.4 Å². The number of hydrogen-bond donors (Lipinski definition) is 0. The standard InChI is InChI=1S/C19H23F2N5O2/c1-3-10-24-14-6-4-5-7-15(14)25(19(24)28)11-8-17(27)23(2)13-16-22-9-12-26(16)18(20)21/h4-7,9,12,18H,3,8,10-11,13H2,1-2H3. The van der Waals surface area contributed by atoms with Crippen LogP contribution in [0, 0.1) is 0 Å². The minimum absolute atomic E-state index is 0.0251. The highest BCUT2D eigenvalue weighted by Crippen LogP contribution is 2.15. The SMILES string of the molecule is CCCn1c(=O)n(CCC(=O)N(C)Cc2nccn2C(F)F)c2ccccc21. The maximum atomic E-state index is 12.9. The molecule has 2 aromatic heterocycles. The van der Waals surface area contributed by atoms with Crippen molar-refractivity contribution in [3.63, 3.8) is 0 Å². The fourth-order valence-corrected chi connectivity index (χ4v) is 3.27. The number of fused-ring (bicyclic) bond motifs is 1. The van der Waals surface area contributed by atoms with Gasteiger partial charge in [-0.15, -0.1) is 0 Å². The first-order valence-electron chi connectivity index (χ1n) is 9.16. The largest absolute Gasteiger partial charge is 0.338 e. The molecule has 0 fully saturated rings. The summed E-state index contributed by atoms with van der Waals surface area (Å²) in [4.78, 5) is 30.5. The second-order valence-electron chi connectivity index (χ2n) is 6.60. The summed E-state index contributed by atoms with van der Waals surface area (Å²) in [7, 11) is 1.54. The summed E-state index contributed by atoms with van der Waals surface area (Å²) >= 11 is 0. The number of carbonyl (C=O) groups excluding carboxylic acids is 1. The molecular weight excluding hydrogens is 368 g/mol. The predicted octanol–water partition coefficient (Wildman–Crippen LogP) is 2.85. The van der Waals surface area contributed by atoms with Crippen LogP contribution in [0.5, 0.6) is 0 Å². The Morgan fingerprint density at radius 3 is 2.43 bits per heavy atom. The number of benzene rings is 1. The van der Waals surface area contributed by atoms with E-state index >= 15 is 0 Å². The van der Waals surface area contributed by atoms with Gasteiger partial charge in [0.1, 0.15) is 5.82 Å². The van der Waals surface area contributed by atoms with Crippen LogP contribution in [0.15, 0.2) is 41.5 Å². The monoisotopic (exact) mass is 391 g/mol. The van der Waals surface area contributed by atoms with E-state index in [2.05, 4.69) is 4.98 Å². The molecule has 2 heterocycles. The van der Waals surface area contributed by atoms with E-state index < -0.39 is 6.55 Å². The first-order chi connectivity index (χ1) is 13.4. The third kappa shape index (κ3) is 3.83. The predicted molar refractivity (Wildman–Crippen MR) is 101 cm³/mol. The second kappa shape index (κ2) is 8.37. The van der Waals surface area contributed by atoms with Crippen molar-refractivity contribution in [3.05, 3.63) is 53.0 Å². The summed E-state index contributed by atoms with van der Waals surface area (Å²) in [5.74, 6) is -0.134. The minimum atomic E-state index is -2.70. The van der Waals surface area contributed by atoms with Gasteiger partial charge in [-0.2, -0.15) is 8.78 Å². The van der Waals surface area contributed by atoms with Crippen molar-refractivity contribution in [1.82, 2.24) is 23.6 Å². The van der Waals surface area contributed by atoms with Gasteiger partial charge in [0.25, 0.3) is 0 Å². The van der Waals surface area contributed by atoms with Crippen LogP contribution in [0.25, 0.3) is 11.0 Å². The van der Waals surface area contributed by atoms with E-state index in [0.717, 1.165) is 22.0 Å². The van der Waals surface area contributed by atoms with Crippen LogP contribution in [0.2, 0.25) is 0 Å². The van der Waals surface area contributed by atoms with Crippen LogP contribution in [0.4, 0.5) is 8.78 Å². The molecule has 1 aromatic carbocycles. The van der Waals surface area contributed by atoms with Crippen molar-refractivity contribution in [2.24, 2.45) is 0 Å². The van der Waals surface area contributed by atoms with Gasteiger partial charge in [-0.05, 0) is 18.6 Å². The summed E-state index contributed by atoms with van der Waals surface area (Å²) in [6, 6.07) is 7.48. The van der Waals surface area contributed by atoms with Crippen LogP contribution in [0.1, 0.15) is 32.1 Å². The average molecular weight is 391 g/mol. The molecule has 0 radical (unpaired) electrons. The lowest BCUT2D eigenvalue weighted by molar-refractivity contribution is -0.130. The topological polar surface area (TPSA) is 65.1 Å². The van der Waals surface area contributed by atoms with E-state index in [1.54, 1.807) is 9.13 Å². The summed E-state index contributed by atoms with van der Waals surface area (Å²) in [6.07, 6.45) is 3.38. The Hall–Kier alpha value is -2.97. The quantitative estimate of drug-likeness (QED) is 0.593. The van der Waals surface area contributed by atoms with Crippen molar-refractivity contribution in [1.29, 1.82) is 0 Å². The van der Waals surface area contributed by atoms with Crippen molar-refractivity contribution in [2.45, 2.75) is 45.9 Å². The Morgan fingerprint density at radius 2 is 1.82 bits per heavy atom. The third-order valence-corrected chi connectivity index (χ3v) is 4.69. The van der Waals surface area contributed by atoms with E-state index in [1.807, 2.05) is 31.2 Å². The van der Waals surface area contributed by atoms with Gasteiger partial charge in [-0.1, -0.05) is 19.1 Å². The molecule has 0 atom stereocenters. The third-order valence-electron chi connectivity index (χ3n) is 4.69. The summed E-state index contributed by atoms with van der Waals surface area (Å²) < 4.78 is 29.9. The van der Waals surface area contributed by atoms with Gasteiger partial charge >= 0.3 is 12.2 Å². The Bertz CT molecular complexity index is 1020. The molecule has 0 aliphatic rings. The highest BCUT2D eigenvalue weighted by atomic mass is 19.3. The lowest BCUT2D eigenvalue weighted by Gasteiger charge is -2.17. The van der Waals surface area contributed by atoms with Gasteiger partial charge < -0.3 is 4.90 Å². The van der Waals surface area contributed by atoms with Gasteiger partial charge in [0, 0.05) is 39.0 Å². The van der Waals surface area contributed by atoms with Crippen molar-refractivity contribution in [2.75, 3.05) is 7.05 Å². The molecule has 0 saturated heterocycles. The number of hydrogen-bond acceptors (Lipinski definition) is 3. The Labute approximate surface area is 160 Å². The Kier molecular flexibility index (Phi) is 5.91. The zero-order valence-corrected chi connectivity index (χ0v) is 15.9. The molecule has 150 valence electrons. The summed E-state index contributed by atoms with van der Waals surface area (Å²) in [5, 5.41) is 0. The Balaban J connectivity index is 1.73. The summed E-state index contributed by atoms with van der Waals surface area (Å²) in [5.41, 5.74) is 1.48. The normalized spacial score (nSPS) is 11.5. The fraction of sp³-hybridized carbons (Fsp3) is 0.421. The zero-order chi connectivity index (χ0) is 20.3. The van der Waals surface area contributed by atoms with Gasteiger partial charge in [-0.25, -0.2) is 9.78 Å². The molecule has 1 amide bonds. The number of para-hydroxylation sites is 2. The van der Waals surface area contributed by atoms with Crippen LogP contribution < -0.4 is 5.69 Å². The van der Waals surface area contributed by atoms with Crippen molar-refractivity contribution in [3.8, 4) is 0 Å². The molecule has 3 aromatic rings. The highest BCUT2D eigenvalue weighted by molar-refractivity contribution is 5.78. The number of aryl methyl sites for hydroxylation is 2. The molecule has 7 nitrogen and oxygen atoms in total. The number of carbonyl (C=O) groups is 1. The number of aromatic nitrogens is 4. The molecule has 0 bridgehead atoms. The number of imidazole rings is 2. The molecule has 0 spiro atoms. The molecule has 9 heteroatoms. The molecular formula is C19H23F2N5O2. The molecule has 0 aliphatic carbocycles. The molecule has 0 unspecified atom stereocenters. The summed E-state index contributed by atoms with van der Waals surface area (Å²) in [6.45, 7) is 0.103. The van der Waals surface area contributed by atoms with E-state index in [-0.39, 0.29) is 36.9 Å². The van der Waals surface area contributed by atoms with Crippen LogP contribution in [-0.2, 0) is 24.4 Å². The lowest BCUT2D eigenvalue weighted by Crippen LogP contribution is -2.30. The molecule has 0 saturated carbocycles. The van der Waals surface area contributed by atoms with Gasteiger partial charge in [0.2, 0.25) is 5.91 Å². The zero-order valence-electron chi connectivity index (χ0n) is 15.9. The number of alkyl halides is 2. The molecule has 0 aliphatic heterocycles. The van der Waals surface area contributed by atoms with Crippen LogP contribution in [-0.4, -0.2) is 36.5 Å². The minimum Gasteiger partial charge on any atom is -0.338 e. The van der Waals surface area contributed by atoms with Crippen LogP contribution in [0.3, 0.4) is 0 Å². The highest BCUT2D eigenvalue weighted by Gasteiger charge is 2.18. The molecule has 28 heavy (non-hydrogen) atoms. The van der Waals surface area contributed by atoms with E-state index in [0.29, 0.717) is 6.54 Å². The number of halogens is 2. The number of nitrogens with zero attached hydrogens (tertiary/aromatic N) is 5. The van der Waals surface area contributed by atoms with Crippen molar-refractivity contribution < 1.29 is 13.6 Å². The first-order valence-corrected chi connectivity index (χ1v) is 9.16. The molecule has 3 rings (SSSR count). The van der Waals surface area contributed by atoms with Crippen molar-refractivity contribution >= 4 is 16.9 Å². The van der Waals surface area contributed by atoms with Crippen LogP contribution >= 0.6 is 0 Å². The Morgan fingerprint density at radius 1 is 1.18 bits per heavy atom. The smallest absolute Gasteiger partial charge is 0.329 e. The van der Waals surface area contributed by atoms with Gasteiger partial charge in [0.05, 0.1) is 17.6 Å². The average Bonchev–Trinajstić information content (AvgIpc) is 3.24. The number of amides is 1. The van der Waals surface area contributed by atoms with E-state index in [1.165, 1.54) is 24.3 Å². The van der Waals surface area contributed by atoms with Gasteiger partial charge in [-0.3, -0.25) is 18.5 Å². The fourth-order valence-electron chi connectivity index (χ4n) is 3.27. The second-order valence-corrected chi connectivity index (χ2v) is 6.60. The van der Waals surface area contributed by atoms with E-state index in [4.69, 9.17) is 0 Å². The maximum absolute atomic E-state index is 12.9. The first kappa shape index (κ1) is 19.8. The number of rotatable bonds is 8. The maximum Gasteiger partial charge on any atom is 0.329 e. The molecule has 0 N–H and O–H groups in total.